The number of nitrogen functional groups attached to an aromatic ring is 1. The van der Waals surface area contributed by atoms with Crippen LogP contribution in [0.4, 0.5) is 10.7 Å². The van der Waals surface area contributed by atoms with Crippen molar-refractivity contribution < 1.29 is 14.1 Å². The van der Waals surface area contributed by atoms with Crippen LogP contribution in [0, 0.1) is 5.92 Å². The van der Waals surface area contributed by atoms with Crippen LogP contribution >= 0.6 is 0 Å². The van der Waals surface area contributed by atoms with Gasteiger partial charge < -0.3 is 19.9 Å². The molecule has 2 heterocycles. The van der Waals surface area contributed by atoms with E-state index in [1.807, 2.05) is 25.7 Å². The first kappa shape index (κ1) is 15.7. The minimum absolute atomic E-state index is 0.210. The summed E-state index contributed by atoms with van der Waals surface area (Å²) in [4.78, 5) is 13.9. The van der Waals surface area contributed by atoms with Crippen molar-refractivity contribution >= 4 is 12.0 Å². The third kappa shape index (κ3) is 4.95. The van der Waals surface area contributed by atoms with Crippen molar-refractivity contribution in [1.82, 2.24) is 10.1 Å². The number of ether oxygens (including phenoxy) is 1. The molecule has 6 heteroatoms. The Morgan fingerprint density at radius 1 is 1.57 bits per heavy atom. The molecular formula is C15H25N3O3. The lowest BCUT2D eigenvalue weighted by atomic mass is 9.93. The molecule has 0 bridgehead atoms. The summed E-state index contributed by atoms with van der Waals surface area (Å²) in [7, 11) is 0. The van der Waals surface area contributed by atoms with Gasteiger partial charge in [0.25, 0.3) is 0 Å². The van der Waals surface area contributed by atoms with E-state index in [2.05, 4.69) is 5.16 Å². The second-order valence-corrected chi connectivity index (χ2v) is 6.69. The van der Waals surface area contributed by atoms with Crippen LogP contribution in [0.2, 0.25) is 0 Å². The summed E-state index contributed by atoms with van der Waals surface area (Å²) in [6.07, 6.45) is 3.74. The van der Waals surface area contributed by atoms with Gasteiger partial charge in [0.1, 0.15) is 5.60 Å². The van der Waals surface area contributed by atoms with E-state index in [1.54, 1.807) is 6.07 Å². The Bertz CT molecular complexity index is 479. The smallest absolute Gasteiger partial charge is 0.410 e. The number of rotatable bonds is 3. The lowest BCUT2D eigenvalue weighted by molar-refractivity contribution is 0.0162. The summed E-state index contributed by atoms with van der Waals surface area (Å²) in [6, 6.07) is 1.76. The van der Waals surface area contributed by atoms with E-state index in [4.69, 9.17) is 15.0 Å². The van der Waals surface area contributed by atoms with Gasteiger partial charge in [-0.15, -0.1) is 0 Å². The predicted octanol–water partition coefficient (Wildman–Crippen LogP) is 2.84. The molecule has 118 valence electrons. The third-order valence-corrected chi connectivity index (χ3v) is 3.56. The SMILES string of the molecule is CC(C)(C)OC(=O)N1CCCC(CCc2cc(N)on2)C1. The number of nitrogens with two attached hydrogens (primary N) is 1. The summed E-state index contributed by atoms with van der Waals surface area (Å²) < 4.78 is 10.3. The van der Waals surface area contributed by atoms with Crippen LogP contribution < -0.4 is 5.73 Å². The molecule has 0 spiro atoms. The van der Waals surface area contributed by atoms with Crippen LogP contribution in [0.15, 0.2) is 10.6 Å². The van der Waals surface area contributed by atoms with Crippen molar-refractivity contribution in [3.63, 3.8) is 0 Å². The Kier molecular flexibility index (Phi) is 4.75. The van der Waals surface area contributed by atoms with Crippen LogP contribution in [0.1, 0.15) is 45.7 Å². The van der Waals surface area contributed by atoms with E-state index in [9.17, 15) is 4.79 Å². The average molecular weight is 295 g/mol. The molecule has 1 aliphatic heterocycles. The zero-order valence-corrected chi connectivity index (χ0v) is 13.1. The van der Waals surface area contributed by atoms with Crippen LogP contribution in [0.5, 0.6) is 0 Å². The molecule has 1 aromatic rings. The second kappa shape index (κ2) is 6.37. The van der Waals surface area contributed by atoms with Crippen LogP contribution in [0.3, 0.4) is 0 Å². The fourth-order valence-corrected chi connectivity index (χ4v) is 2.59. The molecule has 0 aliphatic carbocycles. The average Bonchev–Trinajstić information content (AvgIpc) is 2.81. The lowest BCUT2D eigenvalue weighted by Crippen LogP contribution is -2.42. The van der Waals surface area contributed by atoms with Gasteiger partial charge in [0.15, 0.2) is 0 Å². The first-order valence-electron chi connectivity index (χ1n) is 7.52. The molecule has 1 amide bonds. The Labute approximate surface area is 125 Å². The number of nitrogens with zero attached hydrogens (tertiary/aromatic N) is 2. The highest BCUT2D eigenvalue weighted by molar-refractivity contribution is 5.68. The summed E-state index contributed by atoms with van der Waals surface area (Å²) in [5.74, 6) is 0.827. The van der Waals surface area contributed by atoms with E-state index < -0.39 is 5.60 Å². The molecule has 0 aromatic carbocycles. The number of aromatic nitrogens is 1. The maximum atomic E-state index is 12.1. The summed E-state index contributed by atoms with van der Waals surface area (Å²) >= 11 is 0. The van der Waals surface area contributed by atoms with Gasteiger partial charge >= 0.3 is 6.09 Å². The first-order valence-corrected chi connectivity index (χ1v) is 7.52. The van der Waals surface area contributed by atoms with E-state index in [-0.39, 0.29) is 6.09 Å². The zero-order chi connectivity index (χ0) is 15.5. The number of hydrogen-bond donors (Lipinski definition) is 1. The molecule has 2 rings (SSSR count). The molecule has 1 aromatic heterocycles. The quantitative estimate of drug-likeness (QED) is 0.927. The first-order chi connectivity index (χ1) is 9.83. The number of hydrogen-bond acceptors (Lipinski definition) is 5. The Balaban J connectivity index is 1.81. The third-order valence-electron chi connectivity index (χ3n) is 3.56. The predicted molar refractivity (Wildman–Crippen MR) is 79.8 cm³/mol. The van der Waals surface area contributed by atoms with Gasteiger partial charge in [0.2, 0.25) is 5.88 Å². The normalized spacial score (nSPS) is 19.6. The molecule has 1 saturated heterocycles. The van der Waals surface area contributed by atoms with Gasteiger partial charge in [-0.2, -0.15) is 0 Å². The van der Waals surface area contributed by atoms with Crippen molar-refractivity contribution in [2.24, 2.45) is 5.92 Å². The Morgan fingerprint density at radius 2 is 2.33 bits per heavy atom. The van der Waals surface area contributed by atoms with Crippen LogP contribution in [0.25, 0.3) is 0 Å². The van der Waals surface area contributed by atoms with Gasteiger partial charge in [0, 0.05) is 19.2 Å². The molecule has 0 saturated carbocycles. The fraction of sp³-hybridized carbons (Fsp3) is 0.733. The minimum Gasteiger partial charge on any atom is -0.444 e. The molecule has 2 N–H and O–H groups in total. The van der Waals surface area contributed by atoms with E-state index in [0.717, 1.165) is 44.5 Å². The molecule has 0 radical (unpaired) electrons. The van der Waals surface area contributed by atoms with Crippen LogP contribution in [-0.4, -0.2) is 34.8 Å². The van der Waals surface area contributed by atoms with Crippen molar-refractivity contribution in [3.05, 3.63) is 11.8 Å². The zero-order valence-electron chi connectivity index (χ0n) is 13.1. The highest BCUT2D eigenvalue weighted by atomic mass is 16.6. The van der Waals surface area contributed by atoms with Gasteiger partial charge in [-0.25, -0.2) is 4.79 Å². The largest absolute Gasteiger partial charge is 0.444 e. The van der Waals surface area contributed by atoms with Crippen molar-refractivity contribution in [1.29, 1.82) is 0 Å². The summed E-state index contributed by atoms with van der Waals surface area (Å²) in [5, 5.41) is 3.90. The number of carbonyl (C=O) groups is 1. The lowest BCUT2D eigenvalue weighted by Gasteiger charge is -2.34. The second-order valence-electron chi connectivity index (χ2n) is 6.69. The van der Waals surface area contributed by atoms with Gasteiger partial charge in [-0.1, -0.05) is 5.16 Å². The standard InChI is InChI=1S/C15H25N3O3/c1-15(2,3)20-14(19)18-8-4-5-11(10-18)6-7-12-9-13(16)21-17-12/h9,11H,4-8,10,16H2,1-3H3. The highest BCUT2D eigenvalue weighted by Gasteiger charge is 2.27. The van der Waals surface area contributed by atoms with Crippen LogP contribution in [-0.2, 0) is 11.2 Å². The molecule has 1 fully saturated rings. The minimum atomic E-state index is -0.442. The Hall–Kier alpha value is -1.72. The van der Waals surface area contributed by atoms with Crippen molar-refractivity contribution in [2.75, 3.05) is 18.8 Å². The fourth-order valence-electron chi connectivity index (χ4n) is 2.59. The summed E-state index contributed by atoms with van der Waals surface area (Å²) in [6.45, 7) is 7.20. The maximum Gasteiger partial charge on any atom is 0.410 e. The topological polar surface area (TPSA) is 81.6 Å². The van der Waals surface area contributed by atoms with Gasteiger partial charge in [-0.05, 0) is 52.4 Å². The Morgan fingerprint density at radius 3 is 2.95 bits per heavy atom. The number of anilines is 1. The maximum absolute atomic E-state index is 12.1. The monoisotopic (exact) mass is 295 g/mol. The van der Waals surface area contributed by atoms with E-state index in [1.165, 1.54) is 0 Å². The molecule has 1 aliphatic rings. The molecule has 21 heavy (non-hydrogen) atoms. The van der Waals surface area contributed by atoms with E-state index >= 15 is 0 Å². The number of likely N-dealkylation sites (tertiary alicyclic amines) is 1. The van der Waals surface area contributed by atoms with Crippen molar-refractivity contribution in [3.8, 4) is 0 Å². The number of piperidine rings is 1. The number of amides is 1. The van der Waals surface area contributed by atoms with E-state index in [0.29, 0.717) is 11.8 Å². The molecular weight excluding hydrogens is 270 g/mol. The molecule has 1 unspecified atom stereocenters. The van der Waals surface area contributed by atoms with Gasteiger partial charge in [-0.3, -0.25) is 0 Å². The number of aryl methyl sites for hydroxylation is 1. The highest BCUT2D eigenvalue weighted by Crippen LogP contribution is 2.23. The number of carbonyl (C=O) groups excluding carboxylic acids is 1. The molecule has 6 nitrogen and oxygen atoms in total. The summed E-state index contributed by atoms with van der Waals surface area (Å²) in [5.41, 5.74) is 5.94. The van der Waals surface area contributed by atoms with Gasteiger partial charge in [0.05, 0.1) is 5.69 Å². The van der Waals surface area contributed by atoms with Crippen molar-refractivity contribution in [2.45, 2.75) is 52.1 Å². The molecule has 1 atom stereocenters.